The molecule has 0 aliphatic rings. The summed E-state index contributed by atoms with van der Waals surface area (Å²) in [5, 5.41) is 9.03. The molecular weight excluding hydrogens is 258 g/mol. The molecule has 1 aromatic carbocycles. The van der Waals surface area contributed by atoms with Gasteiger partial charge in [-0.1, -0.05) is 6.07 Å². The number of pyridine rings is 1. The zero-order chi connectivity index (χ0) is 14.9. The topological polar surface area (TPSA) is 79.4 Å². The van der Waals surface area contributed by atoms with E-state index < -0.39 is 11.5 Å². The maximum atomic E-state index is 11.6. The highest BCUT2D eigenvalue weighted by molar-refractivity contribution is 5.89. The monoisotopic (exact) mass is 273 g/mol. The van der Waals surface area contributed by atoms with E-state index in [4.69, 9.17) is 9.84 Å². The number of methoxy groups -OCH3 is 1. The van der Waals surface area contributed by atoms with Crippen molar-refractivity contribution in [3.63, 3.8) is 0 Å². The van der Waals surface area contributed by atoms with Crippen LogP contribution in [0.3, 0.4) is 0 Å². The van der Waals surface area contributed by atoms with Gasteiger partial charge < -0.3 is 14.8 Å². The Balaban J connectivity index is 2.74. The molecule has 20 heavy (non-hydrogen) atoms. The Hall–Kier alpha value is -2.56. The van der Waals surface area contributed by atoms with Crippen molar-refractivity contribution in [2.45, 2.75) is 13.8 Å². The SMILES string of the molecule is COc1c(C)cc(C)cc1-c1cc(C(=O)O)cc(=O)[nH]1. The van der Waals surface area contributed by atoms with E-state index in [9.17, 15) is 9.59 Å². The number of ether oxygens (including phenoxy) is 1. The van der Waals surface area contributed by atoms with Crippen LogP contribution in [0.2, 0.25) is 0 Å². The number of carboxylic acid groups (broad SMARTS) is 1. The van der Waals surface area contributed by atoms with Gasteiger partial charge in [0.1, 0.15) is 5.75 Å². The van der Waals surface area contributed by atoms with Crippen LogP contribution in [0.25, 0.3) is 11.3 Å². The minimum Gasteiger partial charge on any atom is -0.496 e. The Kier molecular flexibility index (Phi) is 3.61. The maximum Gasteiger partial charge on any atom is 0.335 e. The van der Waals surface area contributed by atoms with E-state index in [0.29, 0.717) is 17.0 Å². The third-order valence-corrected chi connectivity index (χ3v) is 3.00. The number of aromatic carboxylic acids is 1. The fourth-order valence-corrected chi connectivity index (χ4v) is 2.24. The van der Waals surface area contributed by atoms with Gasteiger partial charge in [0.25, 0.3) is 0 Å². The fourth-order valence-electron chi connectivity index (χ4n) is 2.24. The van der Waals surface area contributed by atoms with E-state index >= 15 is 0 Å². The molecule has 0 atom stereocenters. The second-order valence-corrected chi connectivity index (χ2v) is 4.61. The number of aryl methyl sites for hydroxylation is 2. The average molecular weight is 273 g/mol. The molecule has 2 aromatic rings. The predicted molar refractivity (Wildman–Crippen MR) is 75.5 cm³/mol. The van der Waals surface area contributed by atoms with E-state index in [1.165, 1.54) is 6.07 Å². The van der Waals surface area contributed by atoms with Crippen molar-refractivity contribution in [1.29, 1.82) is 0 Å². The van der Waals surface area contributed by atoms with Crippen molar-refractivity contribution < 1.29 is 14.6 Å². The molecule has 104 valence electrons. The molecular formula is C15H15NO4. The van der Waals surface area contributed by atoms with E-state index in [1.807, 2.05) is 26.0 Å². The van der Waals surface area contributed by atoms with Crippen LogP contribution < -0.4 is 10.3 Å². The molecule has 5 heteroatoms. The molecule has 0 bridgehead atoms. The van der Waals surface area contributed by atoms with Crippen LogP contribution in [0.4, 0.5) is 0 Å². The number of benzene rings is 1. The Morgan fingerprint density at radius 1 is 1.20 bits per heavy atom. The van der Waals surface area contributed by atoms with Gasteiger partial charge in [0.2, 0.25) is 5.56 Å². The van der Waals surface area contributed by atoms with Crippen molar-refractivity contribution in [1.82, 2.24) is 4.98 Å². The van der Waals surface area contributed by atoms with E-state index in [0.717, 1.165) is 17.2 Å². The summed E-state index contributed by atoms with van der Waals surface area (Å²) in [5.74, 6) is -0.519. The average Bonchev–Trinajstić information content (AvgIpc) is 2.37. The second kappa shape index (κ2) is 5.21. The number of H-pyrrole nitrogens is 1. The van der Waals surface area contributed by atoms with Crippen LogP contribution in [0.1, 0.15) is 21.5 Å². The number of nitrogens with one attached hydrogen (secondary N) is 1. The molecule has 0 unspecified atom stereocenters. The number of hydrogen-bond acceptors (Lipinski definition) is 3. The molecule has 0 aliphatic heterocycles. The molecule has 0 radical (unpaired) electrons. The molecule has 2 N–H and O–H groups in total. The lowest BCUT2D eigenvalue weighted by atomic mass is 10.0. The highest BCUT2D eigenvalue weighted by Crippen LogP contribution is 2.32. The Labute approximate surface area is 115 Å². The summed E-state index contributed by atoms with van der Waals surface area (Å²) in [4.78, 5) is 25.3. The van der Waals surface area contributed by atoms with Crippen LogP contribution in [-0.2, 0) is 0 Å². The summed E-state index contributed by atoms with van der Waals surface area (Å²) in [7, 11) is 1.54. The standard InChI is InChI=1S/C15H15NO4/c1-8-4-9(2)14(20-3)11(5-8)12-6-10(15(18)19)7-13(17)16-12/h4-7H,1-3H3,(H,16,17)(H,18,19). The van der Waals surface area contributed by atoms with Gasteiger partial charge in [-0.2, -0.15) is 0 Å². The zero-order valence-electron chi connectivity index (χ0n) is 11.5. The molecule has 2 rings (SSSR count). The second-order valence-electron chi connectivity index (χ2n) is 4.61. The maximum absolute atomic E-state index is 11.6. The molecule has 0 fully saturated rings. The Morgan fingerprint density at radius 2 is 1.90 bits per heavy atom. The number of carboxylic acids is 1. The minimum absolute atomic E-state index is 0.0510. The largest absolute Gasteiger partial charge is 0.496 e. The van der Waals surface area contributed by atoms with E-state index in [-0.39, 0.29) is 5.56 Å². The van der Waals surface area contributed by atoms with Crippen molar-refractivity contribution in [2.24, 2.45) is 0 Å². The highest BCUT2D eigenvalue weighted by Gasteiger charge is 2.13. The summed E-state index contributed by atoms with van der Waals surface area (Å²) >= 11 is 0. The Morgan fingerprint density at radius 3 is 2.50 bits per heavy atom. The molecule has 5 nitrogen and oxygen atoms in total. The normalized spacial score (nSPS) is 10.3. The predicted octanol–water partition coefficient (Wildman–Crippen LogP) is 2.37. The first-order chi connectivity index (χ1) is 9.42. The minimum atomic E-state index is -1.14. The summed E-state index contributed by atoms with van der Waals surface area (Å²) in [6, 6.07) is 6.30. The third-order valence-electron chi connectivity index (χ3n) is 3.00. The summed E-state index contributed by atoms with van der Waals surface area (Å²) < 4.78 is 5.36. The number of aromatic nitrogens is 1. The van der Waals surface area contributed by atoms with Crippen LogP contribution in [0.5, 0.6) is 5.75 Å². The summed E-state index contributed by atoms with van der Waals surface area (Å²) in [5.41, 5.74) is 2.51. The van der Waals surface area contributed by atoms with Crippen molar-refractivity contribution in [3.05, 3.63) is 51.3 Å². The van der Waals surface area contributed by atoms with Crippen molar-refractivity contribution in [2.75, 3.05) is 7.11 Å². The fraction of sp³-hybridized carbons (Fsp3) is 0.200. The first kappa shape index (κ1) is 13.9. The molecule has 1 heterocycles. The Bertz CT molecular complexity index is 731. The number of aromatic amines is 1. The molecule has 0 spiro atoms. The molecule has 0 saturated carbocycles. The van der Waals surface area contributed by atoms with E-state index in [1.54, 1.807) is 7.11 Å². The van der Waals surface area contributed by atoms with Crippen molar-refractivity contribution in [3.8, 4) is 17.0 Å². The van der Waals surface area contributed by atoms with Gasteiger partial charge in [0, 0.05) is 11.6 Å². The quantitative estimate of drug-likeness (QED) is 0.899. The summed E-state index contributed by atoms with van der Waals surface area (Å²) in [6.07, 6.45) is 0. The summed E-state index contributed by atoms with van der Waals surface area (Å²) in [6.45, 7) is 3.82. The lowest BCUT2D eigenvalue weighted by Gasteiger charge is -2.13. The number of carbonyl (C=O) groups is 1. The zero-order valence-corrected chi connectivity index (χ0v) is 11.5. The van der Waals surface area contributed by atoms with Crippen molar-refractivity contribution >= 4 is 5.97 Å². The smallest absolute Gasteiger partial charge is 0.335 e. The molecule has 0 aliphatic carbocycles. The van der Waals surface area contributed by atoms with Gasteiger partial charge >= 0.3 is 5.97 Å². The van der Waals surface area contributed by atoms with Gasteiger partial charge in [0.05, 0.1) is 18.4 Å². The van der Waals surface area contributed by atoms with Gasteiger partial charge in [0.15, 0.2) is 0 Å². The highest BCUT2D eigenvalue weighted by atomic mass is 16.5. The van der Waals surface area contributed by atoms with Crippen LogP contribution >= 0.6 is 0 Å². The number of rotatable bonds is 3. The first-order valence-electron chi connectivity index (χ1n) is 6.05. The van der Waals surface area contributed by atoms with Crippen LogP contribution in [0.15, 0.2) is 29.1 Å². The molecule has 0 amide bonds. The van der Waals surface area contributed by atoms with Crippen LogP contribution in [-0.4, -0.2) is 23.2 Å². The van der Waals surface area contributed by atoms with Crippen LogP contribution in [0, 0.1) is 13.8 Å². The lowest BCUT2D eigenvalue weighted by Crippen LogP contribution is -2.10. The van der Waals surface area contributed by atoms with Gasteiger partial charge in [-0.05, 0) is 37.1 Å². The molecule has 0 saturated heterocycles. The lowest BCUT2D eigenvalue weighted by molar-refractivity contribution is 0.0696. The van der Waals surface area contributed by atoms with Gasteiger partial charge in [-0.3, -0.25) is 4.79 Å². The van der Waals surface area contributed by atoms with Gasteiger partial charge in [-0.15, -0.1) is 0 Å². The van der Waals surface area contributed by atoms with Gasteiger partial charge in [-0.25, -0.2) is 4.79 Å². The third kappa shape index (κ3) is 2.56. The molecule has 1 aromatic heterocycles. The first-order valence-corrected chi connectivity index (χ1v) is 6.05. The number of hydrogen-bond donors (Lipinski definition) is 2. The van der Waals surface area contributed by atoms with E-state index in [2.05, 4.69) is 4.98 Å².